The van der Waals surface area contributed by atoms with Crippen LogP contribution in [0.3, 0.4) is 0 Å². The second kappa shape index (κ2) is 11.9. The lowest BCUT2D eigenvalue weighted by Crippen LogP contribution is -2.45. The number of nitrogens with zero attached hydrogens (tertiary/aromatic N) is 1. The number of fused-ring (bicyclic) bond motifs is 2. The lowest BCUT2D eigenvalue weighted by Gasteiger charge is -2.27. The smallest absolute Gasteiger partial charge is 0.325 e. The molecule has 0 spiro atoms. The molecule has 11 heteroatoms. The van der Waals surface area contributed by atoms with Crippen LogP contribution in [0.1, 0.15) is 23.7 Å². The summed E-state index contributed by atoms with van der Waals surface area (Å²) >= 11 is 1.36. The average Bonchev–Trinajstić information content (AvgIpc) is 3.50. The zero-order valence-corrected chi connectivity index (χ0v) is 25.2. The zero-order valence-electron chi connectivity index (χ0n) is 23.6. The summed E-state index contributed by atoms with van der Waals surface area (Å²) in [6, 6.07) is 23.8. The van der Waals surface area contributed by atoms with Gasteiger partial charge in [0.25, 0.3) is 5.91 Å². The third kappa shape index (κ3) is 5.67. The topological polar surface area (TPSA) is 111 Å². The normalized spacial score (nSPS) is 20.6. The van der Waals surface area contributed by atoms with Crippen molar-refractivity contribution in [3.8, 4) is 11.5 Å². The summed E-state index contributed by atoms with van der Waals surface area (Å²) in [5, 5.41) is 3.95. The maximum Gasteiger partial charge on any atom is 0.325 e. The highest BCUT2D eigenvalue weighted by Gasteiger charge is 2.44. The van der Waals surface area contributed by atoms with Gasteiger partial charge < -0.3 is 19.5 Å². The van der Waals surface area contributed by atoms with Crippen LogP contribution in [0, 0.1) is 0 Å². The number of methoxy groups -OCH3 is 2. The summed E-state index contributed by atoms with van der Waals surface area (Å²) in [7, 11) is -0.885. The number of ether oxygens (including phenoxy) is 3. The first-order chi connectivity index (χ1) is 20.8. The van der Waals surface area contributed by atoms with Gasteiger partial charge in [0.05, 0.1) is 30.1 Å². The van der Waals surface area contributed by atoms with E-state index in [9.17, 15) is 18.0 Å². The van der Waals surface area contributed by atoms with Gasteiger partial charge in [-0.15, -0.1) is 11.8 Å². The molecule has 0 aromatic heterocycles. The number of benzene rings is 4. The third-order valence-electron chi connectivity index (χ3n) is 7.72. The second-order valence-corrected chi connectivity index (χ2v) is 13.4. The number of rotatable bonds is 7. The Kier molecular flexibility index (Phi) is 8.04. The first-order valence-corrected chi connectivity index (χ1v) is 16.1. The summed E-state index contributed by atoms with van der Waals surface area (Å²) < 4.78 is 45.4. The summed E-state index contributed by atoms with van der Waals surface area (Å²) in [6.45, 7) is 0.174. The minimum Gasteiger partial charge on any atom is -0.497 e. The fourth-order valence-electron chi connectivity index (χ4n) is 5.45. The molecular weight excluding hydrogens is 588 g/mol. The van der Waals surface area contributed by atoms with Gasteiger partial charge in [-0.2, -0.15) is 4.31 Å². The van der Waals surface area contributed by atoms with E-state index in [4.69, 9.17) is 14.2 Å². The molecule has 4 aromatic carbocycles. The Bertz CT molecular complexity index is 1790. The predicted molar refractivity (Wildman–Crippen MR) is 164 cm³/mol. The van der Waals surface area contributed by atoms with Crippen LogP contribution >= 0.6 is 11.8 Å². The quantitative estimate of drug-likeness (QED) is 0.274. The fourth-order valence-corrected chi connectivity index (χ4v) is 8.43. The van der Waals surface area contributed by atoms with Crippen molar-refractivity contribution < 1.29 is 32.2 Å². The molecule has 1 N–H and O–H groups in total. The first kappa shape index (κ1) is 29.0. The van der Waals surface area contributed by atoms with E-state index in [0.29, 0.717) is 23.6 Å². The molecule has 4 aromatic rings. The van der Waals surface area contributed by atoms with Gasteiger partial charge in [-0.1, -0.05) is 42.5 Å². The van der Waals surface area contributed by atoms with E-state index in [1.807, 2.05) is 42.5 Å². The Labute approximate surface area is 254 Å². The van der Waals surface area contributed by atoms with Gasteiger partial charge in [-0.3, -0.25) is 9.59 Å². The predicted octanol–water partition coefficient (Wildman–Crippen LogP) is 5.41. The molecule has 1 amide bonds. The van der Waals surface area contributed by atoms with E-state index in [1.165, 1.54) is 16.1 Å². The molecule has 0 radical (unpaired) electrons. The summed E-state index contributed by atoms with van der Waals surface area (Å²) in [4.78, 5) is 28.2. The molecule has 2 aliphatic heterocycles. The lowest BCUT2D eigenvalue weighted by molar-refractivity contribution is -0.157. The number of carbonyl (C=O) groups excluding carboxylic acids is 2. The van der Waals surface area contributed by atoms with Crippen molar-refractivity contribution in [3.63, 3.8) is 0 Å². The summed E-state index contributed by atoms with van der Waals surface area (Å²) in [6.07, 6.45) is -0.460. The van der Waals surface area contributed by atoms with Crippen LogP contribution in [-0.2, 0) is 24.3 Å². The van der Waals surface area contributed by atoms with Gasteiger partial charge in [-0.25, -0.2) is 8.42 Å². The largest absolute Gasteiger partial charge is 0.497 e. The number of amides is 1. The molecular formula is C32H30N2O7S2. The number of esters is 1. The van der Waals surface area contributed by atoms with Crippen molar-refractivity contribution >= 4 is 50.1 Å². The number of carbonyl (C=O) groups is 2. The highest BCUT2D eigenvalue weighted by molar-refractivity contribution is 7.99. The molecule has 0 aliphatic carbocycles. The van der Waals surface area contributed by atoms with Gasteiger partial charge in [0.2, 0.25) is 10.0 Å². The Morgan fingerprint density at radius 2 is 1.63 bits per heavy atom. The molecule has 0 unspecified atom stereocenters. The molecule has 6 rings (SSSR count). The van der Waals surface area contributed by atoms with Crippen LogP contribution in [0.5, 0.6) is 11.5 Å². The van der Waals surface area contributed by atoms with E-state index < -0.39 is 39.3 Å². The molecule has 1 saturated heterocycles. The van der Waals surface area contributed by atoms with E-state index in [-0.39, 0.29) is 17.9 Å². The summed E-state index contributed by atoms with van der Waals surface area (Å²) in [5.74, 6) is -0.00923. The average molecular weight is 619 g/mol. The highest BCUT2D eigenvalue weighted by Crippen LogP contribution is 2.46. The van der Waals surface area contributed by atoms with Gasteiger partial charge in [0.15, 0.2) is 6.10 Å². The van der Waals surface area contributed by atoms with Crippen molar-refractivity contribution in [2.24, 2.45) is 0 Å². The van der Waals surface area contributed by atoms with E-state index in [0.717, 1.165) is 21.2 Å². The summed E-state index contributed by atoms with van der Waals surface area (Å²) in [5.41, 5.74) is 1.30. The number of anilines is 1. The molecule has 2 heterocycles. The Morgan fingerprint density at radius 1 is 0.907 bits per heavy atom. The van der Waals surface area contributed by atoms with E-state index >= 15 is 0 Å². The van der Waals surface area contributed by atoms with Crippen LogP contribution in [0.2, 0.25) is 0 Å². The maximum absolute atomic E-state index is 13.8. The monoisotopic (exact) mass is 618 g/mol. The lowest BCUT2D eigenvalue weighted by atomic mass is 10.1. The molecule has 2 aliphatic rings. The van der Waals surface area contributed by atoms with Gasteiger partial charge in [0, 0.05) is 11.4 Å². The zero-order chi connectivity index (χ0) is 30.1. The Morgan fingerprint density at radius 3 is 2.37 bits per heavy atom. The molecule has 43 heavy (non-hydrogen) atoms. The highest BCUT2D eigenvalue weighted by atomic mass is 32.2. The molecule has 0 saturated carbocycles. The van der Waals surface area contributed by atoms with E-state index in [2.05, 4.69) is 5.32 Å². The molecule has 9 nitrogen and oxygen atoms in total. The van der Waals surface area contributed by atoms with Gasteiger partial charge in [0.1, 0.15) is 17.5 Å². The minimum atomic E-state index is -4.01. The second-order valence-electron chi connectivity index (χ2n) is 10.3. The van der Waals surface area contributed by atoms with Crippen LogP contribution in [-0.4, -0.2) is 57.5 Å². The molecule has 222 valence electrons. The molecule has 3 atom stereocenters. The van der Waals surface area contributed by atoms with Crippen molar-refractivity contribution in [2.75, 3.05) is 26.1 Å². The fraction of sp³-hybridized carbons (Fsp3) is 0.250. The first-order valence-electron chi connectivity index (χ1n) is 13.8. The number of sulfonamides is 1. The van der Waals surface area contributed by atoms with Crippen molar-refractivity contribution in [1.82, 2.24) is 4.31 Å². The third-order valence-corrected chi connectivity index (χ3v) is 11.0. The molecule has 0 bridgehead atoms. The SMILES string of the molecule is COc1ccc([C@@H]2Sc3cc(OC)ccc3NC(=O)[C@@H]2OC(=O)[C@@H]2CCCN2S(=O)(=O)c2ccc3ccccc3c2)cc1. The van der Waals surface area contributed by atoms with Crippen molar-refractivity contribution in [2.45, 2.75) is 40.0 Å². The maximum atomic E-state index is 13.8. The van der Waals surface area contributed by atoms with Crippen molar-refractivity contribution in [1.29, 1.82) is 0 Å². The van der Waals surface area contributed by atoms with Gasteiger partial charge >= 0.3 is 5.97 Å². The number of hydrogen-bond acceptors (Lipinski definition) is 8. The van der Waals surface area contributed by atoms with Crippen molar-refractivity contribution in [3.05, 3.63) is 90.5 Å². The van der Waals surface area contributed by atoms with Crippen LogP contribution < -0.4 is 14.8 Å². The number of hydrogen-bond donors (Lipinski definition) is 1. The Hall–Kier alpha value is -4.06. The number of thioether (sulfide) groups is 1. The standard InChI is InChI=1S/C32H30N2O7S2/c1-39-23-12-9-21(10-13-23)30-29(31(35)33-26-16-14-24(40-2)19-28(26)42-30)41-32(36)27-8-5-17-34(27)43(37,38)25-15-11-20-6-3-4-7-22(20)18-25/h3-4,6-7,9-16,18-19,27,29-30H,5,8,17H2,1-2H3,(H,33,35)/t27-,29+,30-/m0/s1. The van der Waals surface area contributed by atoms with Crippen LogP contribution in [0.25, 0.3) is 10.8 Å². The van der Waals surface area contributed by atoms with Gasteiger partial charge in [-0.05, 0) is 71.6 Å². The van der Waals surface area contributed by atoms with Crippen LogP contribution in [0.4, 0.5) is 5.69 Å². The minimum absolute atomic E-state index is 0.106. The van der Waals surface area contributed by atoms with E-state index in [1.54, 1.807) is 56.7 Å². The Balaban J connectivity index is 1.31. The molecule has 1 fully saturated rings. The van der Waals surface area contributed by atoms with Crippen LogP contribution in [0.15, 0.2) is 94.7 Å². The number of nitrogens with one attached hydrogen (secondary N) is 1.